The predicted molar refractivity (Wildman–Crippen MR) is 80.7 cm³/mol. The Morgan fingerprint density at radius 3 is 2.68 bits per heavy atom. The predicted octanol–water partition coefficient (Wildman–Crippen LogP) is 1.86. The highest BCUT2D eigenvalue weighted by molar-refractivity contribution is 5.88. The molecule has 0 spiro atoms. The van der Waals surface area contributed by atoms with Crippen LogP contribution in [-0.2, 0) is 11.3 Å². The van der Waals surface area contributed by atoms with Crippen molar-refractivity contribution < 1.29 is 4.79 Å². The van der Waals surface area contributed by atoms with Crippen LogP contribution in [0.15, 0.2) is 24.3 Å². The normalized spacial score (nSPS) is 19.6. The second-order valence-corrected chi connectivity index (χ2v) is 4.97. The van der Waals surface area contributed by atoms with Gasteiger partial charge in [0.1, 0.15) is 0 Å². The van der Waals surface area contributed by atoms with Gasteiger partial charge in [-0.2, -0.15) is 0 Å². The number of anilines is 1. The second-order valence-electron chi connectivity index (χ2n) is 4.97. The van der Waals surface area contributed by atoms with Gasteiger partial charge in [0, 0.05) is 44.8 Å². The highest BCUT2D eigenvalue weighted by Crippen LogP contribution is 2.12. The molecular formula is C14H22ClN3O. The fourth-order valence-corrected chi connectivity index (χ4v) is 2.31. The van der Waals surface area contributed by atoms with Crippen molar-refractivity contribution in [2.24, 2.45) is 0 Å². The van der Waals surface area contributed by atoms with Crippen LogP contribution < -0.4 is 10.6 Å². The first-order valence-corrected chi connectivity index (χ1v) is 6.46. The fourth-order valence-electron chi connectivity index (χ4n) is 2.31. The smallest absolute Gasteiger partial charge is 0.221 e. The van der Waals surface area contributed by atoms with Crippen LogP contribution in [0.2, 0.25) is 0 Å². The Morgan fingerprint density at radius 1 is 1.42 bits per heavy atom. The van der Waals surface area contributed by atoms with Crippen LogP contribution in [0.25, 0.3) is 0 Å². The van der Waals surface area contributed by atoms with Gasteiger partial charge in [-0.1, -0.05) is 12.1 Å². The summed E-state index contributed by atoms with van der Waals surface area (Å²) >= 11 is 0. The van der Waals surface area contributed by atoms with E-state index in [2.05, 4.69) is 34.6 Å². The number of hydrogen-bond acceptors (Lipinski definition) is 3. The van der Waals surface area contributed by atoms with Gasteiger partial charge in [-0.05, 0) is 24.6 Å². The molecule has 1 atom stereocenters. The average molecular weight is 284 g/mol. The first kappa shape index (κ1) is 16.0. The third kappa shape index (κ3) is 5.19. The maximum atomic E-state index is 10.9. The number of hydrogen-bond donors (Lipinski definition) is 2. The second kappa shape index (κ2) is 7.48. The summed E-state index contributed by atoms with van der Waals surface area (Å²) in [5.41, 5.74) is 2.15. The maximum absolute atomic E-state index is 10.9. The summed E-state index contributed by atoms with van der Waals surface area (Å²) < 4.78 is 0. The van der Waals surface area contributed by atoms with Gasteiger partial charge in [0.25, 0.3) is 0 Å². The van der Waals surface area contributed by atoms with Gasteiger partial charge in [-0.3, -0.25) is 9.69 Å². The summed E-state index contributed by atoms with van der Waals surface area (Å²) in [6.45, 7) is 7.96. The van der Waals surface area contributed by atoms with Crippen LogP contribution in [0.1, 0.15) is 19.4 Å². The number of benzene rings is 1. The fraction of sp³-hybridized carbons (Fsp3) is 0.500. The summed E-state index contributed by atoms with van der Waals surface area (Å²) in [6.07, 6.45) is 0. The van der Waals surface area contributed by atoms with E-state index in [9.17, 15) is 4.79 Å². The molecule has 4 nitrogen and oxygen atoms in total. The van der Waals surface area contributed by atoms with Gasteiger partial charge >= 0.3 is 0 Å². The van der Waals surface area contributed by atoms with Crippen LogP contribution in [-0.4, -0.2) is 36.5 Å². The number of amides is 1. The summed E-state index contributed by atoms with van der Waals surface area (Å²) in [5, 5.41) is 6.22. The van der Waals surface area contributed by atoms with E-state index in [1.54, 1.807) is 0 Å². The molecule has 1 aromatic carbocycles. The van der Waals surface area contributed by atoms with Crippen molar-refractivity contribution in [1.29, 1.82) is 0 Å². The lowest BCUT2D eigenvalue weighted by molar-refractivity contribution is -0.114. The number of nitrogens with zero attached hydrogens (tertiary/aromatic N) is 1. The standard InChI is InChI=1S/C14H21N3O.ClH/c1-11-9-17(8-7-15-11)10-13-3-5-14(6-4-13)16-12(2)18;/h3-6,11,15H,7-10H2,1-2H3,(H,16,18);1H. The first-order valence-electron chi connectivity index (χ1n) is 6.46. The summed E-state index contributed by atoms with van der Waals surface area (Å²) in [4.78, 5) is 13.4. The maximum Gasteiger partial charge on any atom is 0.221 e. The van der Waals surface area contributed by atoms with Crippen LogP contribution in [0.5, 0.6) is 0 Å². The Morgan fingerprint density at radius 2 is 2.11 bits per heavy atom. The van der Waals surface area contributed by atoms with E-state index < -0.39 is 0 Å². The van der Waals surface area contributed by atoms with Crippen molar-refractivity contribution in [2.45, 2.75) is 26.4 Å². The zero-order valence-corrected chi connectivity index (χ0v) is 12.3. The van der Waals surface area contributed by atoms with Gasteiger partial charge < -0.3 is 10.6 Å². The first-order chi connectivity index (χ1) is 8.63. The van der Waals surface area contributed by atoms with E-state index in [4.69, 9.17) is 0 Å². The van der Waals surface area contributed by atoms with Crippen molar-refractivity contribution in [3.8, 4) is 0 Å². The molecule has 1 aliphatic rings. The Labute approximate surface area is 121 Å². The molecule has 1 aromatic rings. The summed E-state index contributed by atoms with van der Waals surface area (Å²) in [6, 6.07) is 8.65. The molecule has 2 N–H and O–H groups in total. The Bertz CT molecular complexity index is 408. The number of carbonyl (C=O) groups is 1. The lowest BCUT2D eigenvalue weighted by atomic mass is 10.1. The molecule has 0 saturated carbocycles. The number of nitrogens with one attached hydrogen (secondary N) is 2. The van der Waals surface area contributed by atoms with Gasteiger partial charge in [0.15, 0.2) is 0 Å². The molecule has 0 radical (unpaired) electrons. The van der Waals surface area contributed by atoms with E-state index >= 15 is 0 Å². The van der Waals surface area contributed by atoms with E-state index in [0.29, 0.717) is 6.04 Å². The third-order valence-corrected chi connectivity index (χ3v) is 3.13. The Balaban J connectivity index is 0.00000180. The minimum Gasteiger partial charge on any atom is -0.326 e. The molecule has 106 valence electrons. The lowest BCUT2D eigenvalue weighted by Crippen LogP contribution is -2.48. The molecule has 2 rings (SSSR count). The highest BCUT2D eigenvalue weighted by atomic mass is 35.5. The molecule has 19 heavy (non-hydrogen) atoms. The molecule has 5 heteroatoms. The zero-order valence-electron chi connectivity index (χ0n) is 11.5. The monoisotopic (exact) mass is 283 g/mol. The van der Waals surface area contributed by atoms with Gasteiger partial charge in [-0.25, -0.2) is 0 Å². The molecule has 0 aromatic heterocycles. The lowest BCUT2D eigenvalue weighted by Gasteiger charge is -2.31. The van der Waals surface area contributed by atoms with Crippen molar-refractivity contribution in [3.63, 3.8) is 0 Å². The molecule has 1 heterocycles. The minimum atomic E-state index is -0.0290. The average Bonchev–Trinajstić information content (AvgIpc) is 2.31. The Hall–Kier alpha value is -1.10. The SMILES string of the molecule is CC(=O)Nc1ccc(CN2CCNC(C)C2)cc1.Cl. The van der Waals surface area contributed by atoms with Gasteiger partial charge in [-0.15, -0.1) is 12.4 Å². The number of carbonyl (C=O) groups excluding carboxylic acids is 1. The number of piperazine rings is 1. The van der Waals surface area contributed by atoms with Gasteiger partial charge in [0.2, 0.25) is 5.91 Å². The molecule has 1 amide bonds. The highest BCUT2D eigenvalue weighted by Gasteiger charge is 2.15. The molecule has 1 fully saturated rings. The van der Waals surface area contributed by atoms with Crippen molar-refractivity contribution in [1.82, 2.24) is 10.2 Å². The molecule has 0 aliphatic carbocycles. The van der Waals surface area contributed by atoms with E-state index in [1.165, 1.54) is 12.5 Å². The van der Waals surface area contributed by atoms with Crippen molar-refractivity contribution in [3.05, 3.63) is 29.8 Å². The quantitative estimate of drug-likeness (QED) is 0.890. The minimum absolute atomic E-state index is 0. The molecule has 0 bridgehead atoms. The van der Waals surface area contributed by atoms with Gasteiger partial charge in [0.05, 0.1) is 0 Å². The van der Waals surface area contributed by atoms with Crippen LogP contribution in [0, 0.1) is 0 Å². The van der Waals surface area contributed by atoms with Crippen LogP contribution in [0.4, 0.5) is 5.69 Å². The molecular weight excluding hydrogens is 262 g/mol. The largest absolute Gasteiger partial charge is 0.326 e. The number of rotatable bonds is 3. The Kier molecular flexibility index (Phi) is 6.28. The molecule has 1 unspecified atom stereocenters. The molecule has 1 aliphatic heterocycles. The van der Waals surface area contributed by atoms with E-state index in [1.807, 2.05) is 12.1 Å². The third-order valence-electron chi connectivity index (χ3n) is 3.13. The van der Waals surface area contributed by atoms with E-state index in [0.717, 1.165) is 31.9 Å². The van der Waals surface area contributed by atoms with Crippen molar-refractivity contribution in [2.75, 3.05) is 25.0 Å². The summed E-state index contributed by atoms with van der Waals surface area (Å²) in [7, 11) is 0. The summed E-state index contributed by atoms with van der Waals surface area (Å²) in [5.74, 6) is -0.0290. The van der Waals surface area contributed by atoms with Crippen LogP contribution in [0.3, 0.4) is 0 Å². The van der Waals surface area contributed by atoms with Crippen molar-refractivity contribution >= 4 is 24.0 Å². The zero-order chi connectivity index (χ0) is 13.0. The van der Waals surface area contributed by atoms with Crippen LogP contribution >= 0.6 is 12.4 Å². The molecule has 1 saturated heterocycles. The van der Waals surface area contributed by atoms with E-state index in [-0.39, 0.29) is 18.3 Å². The number of halogens is 1. The topological polar surface area (TPSA) is 44.4 Å².